The number of aliphatic hydroxyl groups excluding tert-OH is 4. The quantitative estimate of drug-likeness (QED) is 0.0309. The fourth-order valence-electron chi connectivity index (χ4n) is 8.95. The van der Waals surface area contributed by atoms with Gasteiger partial charge < -0.3 is 25.7 Å². The molecular formula is C57H111NO5. The first-order valence-corrected chi connectivity index (χ1v) is 28.2. The number of aliphatic hydroxyl groups is 4. The molecule has 0 saturated heterocycles. The lowest BCUT2D eigenvalue weighted by molar-refractivity contribution is -0.132. The molecule has 0 aliphatic carbocycles. The highest BCUT2D eigenvalue weighted by Crippen LogP contribution is 2.18. The van der Waals surface area contributed by atoms with Crippen LogP contribution in [0.1, 0.15) is 303 Å². The van der Waals surface area contributed by atoms with Gasteiger partial charge in [-0.15, -0.1) is 0 Å². The van der Waals surface area contributed by atoms with E-state index in [0.29, 0.717) is 19.3 Å². The van der Waals surface area contributed by atoms with Gasteiger partial charge in [-0.3, -0.25) is 4.79 Å². The Balaban J connectivity index is 3.67. The molecule has 0 aliphatic heterocycles. The monoisotopic (exact) mass is 890 g/mol. The number of rotatable bonds is 52. The van der Waals surface area contributed by atoms with Crippen LogP contribution in [0.25, 0.3) is 0 Å². The highest BCUT2D eigenvalue weighted by molar-refractivity contribution is 5.80. The highest BCUT2D eigenvalue weighted by atomic mass is 16.3. The number of hydrogen-bond acceptors (Lipinski definition) is 5. The third kappa shape index (κ3) is 45.7. The van der Waals surface area contributed by atoms with Gasteiger partial charge in [0.2, 0.25) is 5.91 Å². The second kappa shape index (κ2) is 51.8. The number of carbonyl (C=O) groups excluding carboxylic acids is 1. The number of allylic oxidation sites excluding steroid dienone is 4. The first-order valence-electron chi connectivity index (χ1n) is 28.2. The molecule has 374 valence electrons. The van der Waals surface area contributed by atoms with Gasteiger partial charge >= 0.3 is 0 Å². The SMILES string of the molecule is CCCCCCCCCCCCCCCCCCC/C=C/CC/C=C/CCCC(O)C(O)C(CO)NC(=O)C(O)CCCCCCCCCCCCCCCCCCCCCCC. The van der Waals surface area contributed by atoms with Crippen molar-refractivity contribution in [3.8, 4) is 0 Å². The van der Waals surface area contributed by atoms with E-state index in [9.17, 15) is 25.2 Å². The molecule has 6 nitrogen and oxygen atoms in total. The number of nitrogens with one attached hydrogen (secondary N) is 1. The Bertz CT molecular complexity index is 955. The molecule has 0 fully saturated rings. The van der Waals surface area contributed by atoms with Gasteiger partial charge in [-0.1, -0.05) is 276 Å². The molecule has 5 N–H and O–H groups in total. The van der Waals surface area contributed by atoms with Crippen LogP contribution < -0.4 is 5.32 Å². The molecule has 63 heavy (non-hydrogen) atoms. The van der Waals surface area contributed by atoms with E-state index in [1.807, 2.05) is 0 Å². The maximum Gasteiger partial charge on any atom is 0.249 e. The van der Waals surface area contributed by atoms with Crippen molar-refractivity contribution in [1.29, 1.82) is 0 Å². The van der Waals surface area contributed by atoms with Gasteiger partial charge in [-0.25, -0.2) is 0 Å². The van der Waals surface area contributed by atoms with Crippen LogP contribution in [0.2, 0.25) is 0 Å². The minimum Gasteiger partial charge on any atom is -0.394 e. The smallest absolute Gasteiger partial charge is 0.249 e. The summed E-state index contributed by atoms with van der Waals surface area (Å²) >= 11 is 0. The Morgan fingerprint density at radius 2 is 0.667 bits per heavy atom. The van der Waals surface area contributed by atoms with Gasteiger partial charge in [0.25, 0.3) is 0 Å². The summed E-state index contributed by atoms with van der Waals surface area (Å²) < 4.78 is 0. The maximum absolute atomic E-state index is 12.6. The molecule has 6 heteroatoms. The van der Waals surface area contributed by atoms with Crippen molar-refractivity contribution in [2.45, 2.75) is 327 Å². The zero-order valence-electron chi connectivity index (χ0n) is 42.3. The van der Waals surface area contributed by atoms with Gasteiger partial charge in [0.15, 0.2) is 0 Å². The molecule has 0 bridgehead atoms. The molecule has 0 spiro atoms. The van der Waals surface area contributed by atoms with Crippen LogP contribution >= 0.6 is 0 Å². The second-order valence-electron chi connectivity index (χ2n) is 19.6. The van der Waals surface area contributed by atoms with E-state index in [4.69, 9.17) is 0 Å². The van der Waals surface area contributed by atoms with E-state index in [2.05, 4.69) is 43.5 Å². The van der Waals surface area contributed by atoms with Crippen LogP contribution in [0.5, 0.6) is 0 Å². The molecule has 0 aliphatic rings. The Hall–Kier alpha value is -1.21. The van der Waals surface area contributed by atoms with E-state index in [0.717, 1.165) is 38.5 Å². The van der Waals surface area contributed by atoms with Crippen molar-refractivity contribution in [3.05, 3.63) is 24.3 Å². The van der Waals surface area contributed by atoms with Crippen LogP contribution in [-0.4, -0.2) is 57.3 Å². The zero-order chi connectivity index (χ0) is 45.9. The van der Waals surface area contributed by atoms with Crippen LogP contribution in [-0.2, 0) is 4.79 Å². The first-order chi connectivity index (χ1) is 31.0. The van der Waals surface area contributed by atoms with Crippen LogP contribution in [0.3, 0.4) is 0 Å². The van der Waals surface area contributed by atoms with E-state index in [1.165, 1.54) is 231 Å². The van der Waals surface area contributed by atoms with Gasteiger partial charge in [0.05, 0.1) is 18.8 Å². The van der Waals surface area contributed by atoms with Crippen LogP contribution in [0, 0.1) is 0 Å². The van der Waals surface area contributed by atoms with Crippen molar-refractivity contribution in [3.63, 3.8) is 0 Å². The zero-order valence-corrected chi connectivity index (χ0v) is 42.3. The summed E-state index contributed by atoms with van der Waals surface area (Å²) in [7, 11) is 0. The summed E-state index contributed by atoms with van der Waals surface area (Å²) in [6.07, 6.45) is 62.5. The Morgan fingerprint density at radius 1 is 0.381 bits per heavy atom. The lowest BCUT2D eigenvalue weighted by Gasteiger charge is -2.27. The molecule has 4 atom stereocenters. The average Bonchev–Trinajstić information content (AvgIpc) is 3.29. The fraction of sp³-hybridized carbons (Fsp3) is 0.912. The Kier molecular flexibility index (Phi) is 50.8. The fourth-order valence-corrected chi connectivity index (χ4v) is 8.95. The predicted molar refractivity (Wildman–Crippen MR) is 274 cm³/mol. The van der Waals surface area contributed by atoms with Gasteiger partial charge in [-0.05, 0) is 51.4 Å². The normalized spacial score (nSPS) is 13.9. The van der Waals surface area contributed by atoms with Crippen molar-refractivity contribution in [2.24, 2.45) is 0 Å². The summed E-state index contributed by atoms with van der Waals surface area (Å²) in [4.78, 5) is 12.6. The van der Waals surface area contributed by atoms with Crippen LogP contribution in [0.4, 0.5) is 0 Å². The van der Waals surface area contributed by atoms with Crippen molar-refractivity contribution in [2.75, 3.05) is 6.61 Å². The average molecular weight is 891 g/mol. The number of hydrogen-bond donors (Lipinski definition) is 5. The van der Waals surface area contributed by atoms with Gasteiger partial charge in [-0.2, -0.15) is 0 Å². The third-order valence-electron chi connectivity index (χ3n) is 13.4. The summed E-state index contributed by atoms with van der Waals surface area (Å²) in [6, 6.07) is -1.01. The minimum absolute atomic E-state index is 0.364. The van der Waals surface area contributed by atoms with Crippen molar-refractivity contribution >= 4 is 5.91 Å². The van der Waals surface area contributed by atoms with Gasteiger partial charge in [0.1, 0.15) is 12.2 Å². The van der Waals surface area contributed by atoms with E-state index < -0.39 is 36.9 Å². The minimum atomic E-state index is -1.29. The summed E-state index contributed by atoms with van der Waals surface area (Å²) in [6.45, 7) is 4.08. The summed E-state index contributed by atoms with van der Waals surface area (Å²) in [5.74, 6) is -0.592. The lowest BCUT2D eigenvalue weighted by atomic mass is 10.00. The molecular weight excluding hydrogens is 779 g/mol. The highest BCUT2D eigenvalue weighted by Gasteiger charge is 2.28. The Labute approximate surface area is 393 Å². The lowest BCUT2D eigenvalue weighted by Crippen LogP contribution is -2.53. The number of carbonyl (C=O) groups is 1. The molecule has 1 amide bonds. The molecule has 4 unspecified atom stereocenters. The molecule has 0 saturated carbocycles. The van der Waals surface area contributed by atoms with E-state index >= 15 is 0 Å². The summed E-state index contributed by atoms with van der Waals surface area (Å²) in [5, 5.41) is 43.9. The maximum atomic E-state index is 12.6. The number of amides is 1. The van der Waals surface area contributed by atoms with E-state index in [1.54, 1.807) is 0 Å². The third-order valence-corrected chi connectivity index (χ3v) is 13.4. The number of unbranched alkanes of at least 4 members (excludes halogenated alkanes) is 39. The van der Waals surface area contributed by atoms with Crippen molar-refractivity contribution < 1.29 is 25.2 Å². The molecule has 0 aromatic rings. The summed E-state index contributed by atoms with van der Waals surface area (Å²) in [5.41, 5.74) is 0. The largest absolute Gasteiger partial charge is 0.394 e. The van der Waals surface area contributed by atoms with Crippen molar-refractivity contribution in [1.82, 2.24) is 5.32 Å². The topological polar surface area (TPSA) is 110 Å². The molecule has 0 radical (unpaired) electrons. The molecule has 0 aromatic heterocycles. The standard InChI is InChI=1S/C57H111NO5/c1-3-5-7-9-11-13-15-17-19-21-23-25-26-27-28-29-31-32-34-36-38-40-42-44-46-48-50-54(60)56(62)53(52-59)58-57(63)55(61)51-49-47-45-43-41-39-37-35-33-30-24-22-20-18-16-14-12-10-8-6-4-2/h34,36,42,44,53-56,59-62H,3-33,35,37-41,43,45-52H2,1-2H3,(H,58,63)/b36-34+,44-42+. The predicted octanol–water partition coefficient (Wildman–Crippen LogP) is 16.3. The first kappa shape index (κ1) is 61.8. The van der Waals surface area contributed by atoms with Gasteiger partial charge in [0, 0.05) is 0 Å². The molecule has 0 rings (SSSR count). The molecule has 0 heterocycles. The van der Waals surface area contributed by atoms with E-state index in [-0.39, 0.29) is 0 Å². The molecule has 0 aromatic carbocycles. The van der Waals surface area contributed by atoms with Crippen LogP contribution in [0.15, 0.2) is 24.3 Å². The second-order valence-corrected chi connectivity index (χ2v) is 19.6. The Morgan fingerprint density at radius 3 is 1.00 bits per heavy atom.